The van der Waals surface area contributed by atoms with E-state index in [0.717, 1.165) is 18.0 Å². The number of sulfonamides is 1. The quantitative estimate of drug-likeness (QED) is 0.722. The fourth-order valence-electron chi connectivity index (χ4n) is 2.13. The Hall–Kier alpha value is -0.470. The number of nitrogens with one attached hydrogen (secondary N) is 2. The second-order valence-electron chi connectivity index (χ2n) is 6.26. The van der Waals surface area contributed by atoms with Gasteiger partial charge < -0.3 is 10.2 Å². The Kier molecular flexibility index (Phi) is 6.80. The van der Waals surface area contributed by atoms with Crippen molar-refractivity contribution in [3.05, 3.63) is 16.3 Å². The lowest BCUT2D eigenvalue weighted by Gasteiger charge is -2.28. The lowest BCUT2D eigenvalue weighted by atomic mass is 9.93. The molecule has 0 fully saturated rings. The first kappa shape index (κ1) is 18.6. The molecule has 0 spiro atoms. The van der Waals surface area contributed by atoms with Crippen molar-refractivity contribution in [2.24, 2.45) is 5.41 Å². The van der Waals surface area contributed by atoms with Crippen LogP contribution in [-0.4, -0.2) is 47.0 Å². The maximum atomic E-state index is 12.3. The van der Waals surface area contributed by atoms with Crippen LogP contribution < -0.4 is 10.0 Å². The second kappa shape index (κ2) is 7.69. The lowest BCUT2D eigenvalue weighted by molar-refractivity contribution is 0.242. The maximum Gasteiger partial charge on any atom is 0.241 e. The highest BCUT2D eigenvalue weighted by atomic mass is 32.2. The predicted octanol–water partition coefficient (Wildman–Crippen LogP) is 1.72. The van der Waals surface area contributed by atoms with E-state index in [0.29, 0.717) is 18.0 Å². The van der Waals surface area contributed by atoms with Crippen molar-refractivity contribution < 1.29 is 8.42 Å². The summed E-state index contributed by atoms with van der Waals surface area (Å²) in [7, 11) is 0.557. The molecule has 21 heavy (non-hydrogen) atoms. The molecule has 7 heteroatoms. The second-order valence-corrected chi connectivity index (χ2v) is 9.02. The van der Waals surface area contributed by atoms with E-state index in [1.807, 2.05) is 21.0 Å². The van der Waals surface area contributed by atoms with E-state index in [2.05, 4.69) is 28.8 Å². The Bertz CT molecular complexity index is 536. The van der Waals surface area contributed by atoms with Gasteiger partial charge in [0, 0.05) is 29.9 Å². The molecule has 0 aromatic carbocycles. The highest BCUT2D eigenvalue weighted by Gasteiger charge is 2.23. The van der Waals surface area contributed by atoms with Gasteiger partial charge in [-0.1, -0.05) is 20.8 Å². The highest BCUT2D eigenvalue weighted by molar-refractivity contribution is 7.89. The van der Waals surface area contributed by atoms with Gasteiger partial charge in [-0.3, -0.25) is 0 Å². The van der Waals surface area contributed by atoms with E-state index in [1.165, 1.54) is 11.3 Å². The number of thiophene rings is 1. The topological polar surface area (TPSA) is 61.4 Å². The molecule has 0 saturated heterocycles. The third-order valence-electron chi connectivity index (χ3n) is 2.97. The smallest absolute Gasteiger partial charge is 0.241 e. The zero-order chi connectivity index (χ0) is 16.1. The summed E-state index contributed by atoms with van der Waals surface area (Å²) in [6.45, 7) is 8.97. The minimum absolute atomic E-state index is 0.112. The van der Waals surface area contributed by atoms with Gasteiger partial charge in [-0.2, -0.15) is 0 Å². The first-order valence-corrected chi connectivity index (χ1v) is 9.45. The molecule has 1 heterocycles. The fourth-order valence-corrected chi connectivity index (χ4v) is 4.61. The fraction of sp³-hybridized carbons (Fsp3) is 0.714. The van der Waals surface area contributed by atoms with Crippen molar-refractivity contribution in [2.75, 3.05) is 33.7 Å². The van der Waals surface area contributed by atoms with Gasteiger partial charge in [0.05, 0.1) is 4.90 Å². The van der Waals surface area contributed by atoms with Crippen LogP contribution in [0.25, 0.3) is 0 Å². The molecule has 5 nitrogen and oxygen atoms in total. The Morgan fingerprint density at radius 3 is 2.57 bits per heavy atom. The number of hydrogen-bond donors (Lipinski definition) is 2. The van der Waals surface area contributed by atoms with Gasteiger partial charge in [0.15, 0.2) is 0 Å². The number of nitrogens with zero attached hydrogens (tertiary/aromatic N) is 1. The summed E-state index contributed by atoms with van der Waals surface area (Å²) in [6.07, 6.45) is 0. The Balaban J connectivity index is 2.67. The van der Waals surface area contributed by atoms with Crippen molar-refractivity contribution >= 4 is 21.4 Å². The zero-order valence-corrected chi connectivity index (χ0v) is 15.2. The highest BCUT2D eigenvalue weighted by Crippen LogP contribution is 2.21. The van der Waals surface area contributed by atoms with Gasteiger partial charge in [-0.25, -0.2) is 13.1 Å². The van der Waals surface area contributed by atoms with Crippen LogP contribution in [0.3, 0.4) is 0 Å². The maximum absolute atomic E-state index is 12.3. The van der Waals surface area contributed by atoms with Crippen LogP contribution in [0.4, 0.5) is 0 Å². The molecule has 0 amide bonds. The van der Waals surface area contributed by atoms with Crippen LogP contribution in [0.15, 0.2) is 16.3 Å². The van der Waals surface area contributed by atoms with Gasteiger partial charge in [-0.15, -0.1) is 11.3 Å². The van der Waals surface area contributed by atoms with Crippen molar-refractivity contribution in [3.63, 3.8) is 0 Å². The molecule has 0 aliphatic rings. The van der Waals surface area contributed by atoms with Crippen LogP contribution in [0.2, 0.25) is 0 Å². The minimum atomic E-state index is -3.42. The van der Waals surface area contributed by atoms with Crippen molar-refractivity contribution in [2.45, 2.75) is 32.2 Å². The molecular formula is C14H27N3O2S2. The lowest BCUT2D eigenvalue weighted by Crippen LogP contribution is -2.39. The van der Waals surface area contributed by atoms with E-state index in [9.17, 15) is 8.42 Å². The third-order valence-corrected chi connectivity index (χ3v) is 5.44. The monoisotopic (exact) mass is 333 g/mol. The summed E-state index contributed by atoms with van der Waals surface area (Å²) in [6, 6.07) is 1.74. The molecule has 0 aliphatic carbocycles. The molecular weight excluding hydrogens is 306 g/mol. The van der Waals surface area contributed by atoms with Gasteiger partial charge in [-0.05, 0) is 32.1 Å². The van der Waals surface area contributed by atoms with E-state index in [4.69, 9.17) is 0 Å². The molecule has 122 valence electrons. The molecule has 2 N–H and O–H groups in total. The summed E-state index contributed by atoms with van der Waals surface area (Å²) in [5.41, 5.74) is -0.112. The first-order chi connectivity index (χ1) is 9.66. The SMILES string of the molecule is CCNCc1cc(S(=O)(=O)NCC(C)(C)CN(C)C)cs1. The molecule has 1 rings (SSSR count). The molecule has 0 atom stereocenters. The summed E-state index contributed by atoms with van der Waals surface area (Å²) >= 11 is 1.47. The number of rotatable bonds is 9. The summed E-state index contributed by atoms with van der Waals surface area (Å²) in [5.74, 6) is 0. The van der Waals surface area contributed by atoms with Gasteiger partial charge in [0.25, 0.3) is 0 Å². The molecule has 1 aromatic heterocycles. The average molecular weight is 334 g/mol. The number of hydrogen-bond acceptors (Lipinski definition) is 5. The van der Waals surface area contributed by atoms with E-state index >= 15 is 0 Å². The molecule has 0 bridgehead atoms. The summed E-state index contributed by atoms with van der Waals surface area (Å²) < 4.78 is 27.3. The predicted molar refractivity (Wildman–Crippen MR) is 89.2 cm³/mol. The molecule has 1 aromatic rings. The normalized spacial score (nSPS) is 13.0. The van der Waals surface area contributed by atoms with E-state index in [1.54, 1.807) is 11.4 Å². The van der Waals surface area contributed by atoms with Crippen molar-refractivity contribution in [1.82, 2.24) is 14.9 Å². The standard InChI is InChI=1S/C14H27N3O2S2/c1-6-15-8-12-7-13(9-20-12)21(18,19)16-10-14(2,3)11-17(4)5/h7,9,15-16H,6,8,10-11H2,1-5H3. The van der Waals surface area contributed by atoms with Crippen LogP contribution in [0.5, 0.6) is 0 Å². The zero-order valence-electron chi connectivity index (χ0n) is 13.6. The van der Waals surface area contributed by atoms with E-state index in [-0.39, 0.29) is 5.41 Å². The van der Waals surface area contributed by atoms with Crippen LogP contribution in [0, 0.1) is 5.41 Å². The Labute approximate surface area is 132 Å². The van der Waals surface area contributed by atoms with Gasteiger partial charge in [0.2, 0.25) is 10.0 Å². The first-order valence-electron chi connectivity index (χ1n) is 7.09. The van der Waals surface area contributed by atoms with Crippen LogP contribution >= 0.6 is 11.3 Å². The Morgan fingerprint density at radius 1 is 1.33 bits per heavy atom. The van der Waals surface area contributed by atoms with Crippen molar-refractivity contribution in [3.8, 4) is 0 Å². The minimum Gasteiger partial charge on any atom is -0.312 e. The molecule has 0 aliphatic heterocycles. The summed E-state index contributed by atoms with van der Waals surface area (Å²) in [4.78, 5) is 3.46. The van der Waals surface area contributed by atoms with Gasteiger partial charge in [0.1, 0.15) is 0 Å². The summed E-state index contributed by atoms with van der Waals surface area (Å²) in [5, 5.41) is 4.90. The molecule has 0 saturated carbocycles. The third kappa shape index (κ3) is 6.44. The van der Waals surface area contributed by atoms with Crippen LogP contribution in [-0.2, 0) is 16.6 Å². The van der Waals surface area contributed by atoms with Crippen molar-refractivity contribution in [1.29, 1.82) is 0 Å². The Morgan fingerprint density at radius 2 is 2.00 bits per heavy atom. The van der Waals surface area contributed by atoms with Crippen LogP contribution in [0.1, 0.15) is 25.6 Å². The molecule has 0 unspecified atom stereocenters. The van der Waals surface area contributed by atoms with E-state index < -0.39 is 10.0 Å². The van der Waals surface area contributed by atoms with Gasteiger partial charge >= 0.3 is 0 Å². The average Bonchev–Trinajstić information content (AvgIpc) is 2.82. The largest absolute Gasteiger partial charge is 0.312 e. The molecule has 0 radical (unpaired) electrons.